The van der Waals surface area contributed by atoms with Crippen LogP contribution in [0.5, 0.6) is 0 Å². The van der Waals surface area contributed by atoms with Crippen molar-refractivity contribution >= 4 is 0 Å². The van der Waals surface area contributed by atoms with Crippen LogP contribution in [0.25, 0.3) is 0 Å². The summed E-state index contributed by atoms with van der Waals surface area (Å²) in [6, 6.07) is 10.7. The first-order chi connectivity index (χ1) is 11.7. The molecule has 2 heteroatoms. The van der Waals surface area contributed by atoms with Crippen LogP contribution in [-0.2, 0) is 6.42 Å². The monoisotopic (exact) mass is 327 g/mol. The number of halogens is 1. The van der Waals surface area contributed by atoms with E-state index in [4.69, 9.17) is 5.26 Å². The summed E-state index contributed by atoms with van der Waals surface area (Å²) in [6.45, 7) is 2.25. The maximum absolute atomic E-state index is 13.1. The lowest BCUT2D eigenvalue weighted by Gasteiger charge is -2.27. The highest BCUT2D eigenvalue weighted by molar-refractivity contribution is 5.26. The van der Waals surface area contributed by atoms with Crippen molar-refractivity contribution in [1.29, 1.82) is 5.26 Å². The predicted octanol–water partition coefficient (Wildman–Crippen LogP) is 6.85. The second-order valence-corrected chi connectivity index (χ2v) is 7.14. The number of hydrogen-bond donors (Lipinski definition) is 0. The molecule has 0 saturated heterocycles. The van der Waals surface area contributed by atoms with Crippen molar-refractivity contribution in [3.63, 3.8) is 0 Å². The van der Waals surface area contributed by atoms with Crippen molar-refractivity contribution in [1.82, 2.24) is 0 Å². The number of hydrogen-bond acceptors (Lipinski definition) is 1. The van der Waals surface area contributed by atoms with E-state index in [0.29, 0.717) is 5.92 Å². The molecule has 2 rings (SSSR count). The quantitative estimate of drug-likeness (QED) is 0.378. The fraction of sp³-hybridized carbons (Fsp3) is 0.591. The molecule has 1 aromatic rings. The summed E-state index contributed by atoms with van der Waals surface area (Å²) in [5, 5.41) is 8.53. The summed E-state index contributed by atoms with van der Waals surface area (Å²) in [6.07, 6.45) is 13.5. The zero-order valence-corrected chi connectivity index (χ0v) is 14.9. The molecule has 1 aromatic carbocycles. The highest BCUT2D eigenvalue weighted by Gasteiger charge is 2.21. The fourth-order valence-electron chi connectivity index (χ4n) is 3.75. The van der Waals surface area contributed by atoms with Gasteiger partial charge in [0.05, 0.1) is 0 Å². The highest BCUT2D eigenvalue weighted by Crippen LogP contribution is 2.36. The van der Waals surface area contributed by atoms with E-state index in [-0.39, 0.29) is 5.92 Å². The van der Waals surface area contributed by atoms with Gasteiger partial charge in [-0.25, -0.2) is 0 Å². The van der Waals surface area contributed by atoms with E-state index in [1.54, 1.807) is 6.07 Å². The molecule has 1 nitrogen and oxygen atoms in total. The number of rotatable bonds is 8. The molecule has 0 N–H and O–H groups in total. The fourth-order valence-corrected chi connectivity index (χ4v) is 3.75. The maximum Gasteiger partial charge on any atom is 0.196 e. The van der Waals surface area contributed by atoms with E-state index in [0.717, 1.165) is 25.7 Å². The normalized spacial score (nSPS) is 21.5. The van der Waals surface area contributed by atoms with Gasteiger partial charge in [0, 0.05) is 0 Å². The number of unbranched alkanes of at least 4 members (excludes halogenated alkanes) is 4. The average Bonchev–Trinajstić information content (AvgIpc) is 2.63. The smallest absolute Gasteiger partial charge is 0.195 e. The van der Waals surface area contributed by atoms with E-state index in [1.807, 2.05) is 0 Å². The Balaban J connectivity index is 1.77. The molecule has 0 bridgehead atoms. The molecule has 130 valence electrons. The topological polar surface area (TPSA) is 23.8 Å². The molecule has 1 fully saturated rings. The highest BCUT2D eigenvalue weighted by atomic mass is 19.1. The molecule has 1 aliphatic rings. The Morgan fingerprint density at radius 1 is 1.08 bits per heavy atom. The second kappa shape index (κ2) is 10.3. The lowest BCUT2D eigenvalue weighted by molar-refractivity contribution is 0.372. The Bertz CT molecular complexity index is 544. The number of nitrogens with zero attached hydrogens (tertiary/aromatic N) is 1. The lowest BCUT2D eigenvalue weighted by Crippen LogP contribution is -2.12. The summed E-state index contributed by atoms with van der Waals surface area (Å²) in [5.41, 5.74) is 2.87. The van der Waals surface area contributed by atoms with Crippen LogP contribution in [0.2, 0.25) is 0 Å². The van der Waals surface area contributed by atoms with E-state index in [1.165, 1.54) is 55.7 Å². The van der Waals surface area contributed by atoms with Gasteiger partial charge in [-0.1, -0.05) is 56.9 Å². The maximum atomic E-state index is 13.1. The van der Waals surface area contributed by atoms with E-state index in [9.17, 15) is 4.39 Å². The van der Waals surface area contributed by atoms with Gasteiger partial charge in [0.2, 0.25) is 0 Å². The summed E-state index contributed by atoms with van der Waals surface area (Å²) < 4.78 is 13.1. The van der Waals surface area contributed by atoms with Gasteiger partial charge in [-0.2, -0.15) is 9.65 Å². The minimum Gasteiger partial charge on any atom is -0.195 e. The van der Waals surface area contributed by atoms with Gasteiger partial charge < -0.3 is 0 Å². The standard InChI is InChI=1S/C22H30FN/c1-2-3-4-5-6-7-18-8-12-20(13-9-18)21-14-10-19(11-15-21)16-22(23)17-24/h8-9,12-13,16,19,21H,2-7,10-11,14-15H2,1H3/b22-16+/t19-,21-. The zero-order chi connectivity index (χ0) is 17.2. The molecular formula is C22H30FN. The molecule has 0 aliphatic heterocycles. The molecule has 1 aliphatic carbocycles. The first-order valence-corrected chi connectivity index (χ1v) is 9.59. The summed E-state index contributed by atoms with van der Waals surface area (Å²) in [4.78, 5) is 0. The molecule has 0 radical (unpaired) electrons. The van der Waals surface area contributed by atoms with Crippen LogP contribution in [0, 0.1) is 17.2 Å². The largest absolute Gasteiger partial charge is 0.196 e. The minimum absolute atomic E-state index is 0.239. The second-order valence-electron chi connectivity index (χ2n) is 7.14. The molecule has 1 saturated carbocycles. The minimum atomic E-state index is -0.623. The Kier molecular flexibility index (Phi) is 8.02. The average molecular weight is 327 g/mol. The van der Waals surface area contributed by atoms with Crippen molar-refractivity contribution in [2.75, 3.05) is 0 Å². The Labute approximate surface area is 146 Å². The Morgan fingerprint density at radius 2 is 1.75 bits per heavy atom. The van der Waals surface area contributed by atoms with E-state index >= 15 is 0 Å². The first kappa shape index (κ1) is 18.7. The third-order valence-electron chi connectivity index (χ3n) is 5.28. The number of allylic oxidation sites excluding steroid dienone is 2. The molecule has 0 aromatic heterocycles. The molecule has 0 spiro atoms. The third-order valence-corrected chi connectivity index (χ3v) is 5.28. The zero-order valence-electron chi connectivity index (χ0n) is 14.9. The SMILES string of the molecule is CCCCCCCc1ccc([C@H]2CC[C@H](/C=C(/F)C#N)CC2)cc1. The lowest BCUT2D eigenvalue weighted by atomic mass is 9.78. The van der Waals surface area contributed by atoms with Gasteiger partial charge in [-0.05, 0) is 67.6 Å². The van der Waals surface area contributed by atoms with Gasteiger partial charge in [0.25, 0.3) is 0 Å². The van der Waals surface area contributed by atoms with Crippen LogP contribution in [-0.4, -0.2) is 0 Å². The number of benzene rings is 1. The summed E-state index contributed by atoms with van der Waals surface area (Å²) >= 11 is 0. The van der Waals surface area contributed by atoms with Crippen molar-refractivity contribution < 1.29 is 4.39 Å². The van der Waals surface area contributed by atoms with Crippen LogP contribution in [0.3, 0.4) is 0 Å². The molecule has 0 heterocycles. The van der Waals surface area contributed by atoms with Gasteiger partial charge in [-0.3, -0.25) is 0 Å². The van der Waals surface area contributed by atoms with Crippen LogP contribution in [0.15, 0.2) is 36.2 Å². The van der Waals surface area contributed by atoms with Crippen molar-refractivity contribution in [3.8, 4) is 6.07 Å². The Hall–Kier alpha value is -1.62. The summed E-state index contributed by atoms with van der Waals surface area (Å²) in [7, 11) is 0. The van der Waals surface area contributed by atoms with Crippen LogP contribution >= 0.6 is 0 Å². The molecule has 0 atom stereocenters. The van der Waals surface area contributed by atoms with Crippen LogP contribution in [0.4, 0.5) is 4.39 Å². The number of aryl methyl sites for hydroxylation is 1. The molecule has 0 unspecified atom stereocenters. The van der Waals surface area contributed by atoms with Gasteiger partial charge in [0.1, 0.15) is 6.07 Å². The Morgan fingerprint density at radius 3 is 2.38 bits per heavy atom. The van der Waals surface area contributed by atoms with E-state index < -0.39 is 5.83 Å². The van der Waals surface area contributed by atoms with Crippen molar-refractivity contribution in [2.24, 2.45) is 5.92 Å². The number of nitriles is 1. The third kappa shape index (κ3) is 6.11. The van der Waals surface area contributed by atoms with Gasteiger partial charge in [0.15, 0.2) is 5.83 Å². The van der Waals surface area contributed by atoms with Gasteiger partial charge in [-0.15, -0.1) is 0 Å². The molecule has 0 amide bonds. The molecular weight excluding hydrogens is 297 g/mol. The van der Waals surface area contributed by atoms with Crippen molar-refractivity contribution in [2.45, 2.75) is 77.0 Å². The predicted molar refractivity (Wildman–Crippen MR) is 98.4 cm³/mol. The van der Waals surface area contributed by atoms with Crippen LogP contribution in [0.1, 0.15) is 81.8 Å². The van der Waals surface area contributed by atoms with E-state index in [2.05, 4.69) is 31.2 Å². The summed E-state index contributed by atoms with van der Waals surface area (Å²) in [5.74, 6) is 0.212. The molecule has 24 heavy (non-hydrogen) atoms. The van der Waals surface area contributed by atoms with Gasteiger partial charge >= 0.3 is 0 Å². The van der Waals surface area contributed by atoms with Crippen molar-refractivity contribution in [3.05, 3.63) is 47.3 Å². The van der Waals surface area contributed by atoms with Crippen LogP contribution < -0.4 is 0 Å². The first-order valence-electron chi connectivity index (χ1n) is 9.59.